The Morgan fingerprint density at radius 2 is 2.04 bits per heavy atom. The van der Waals surface area contributed by atoms with Gasteiger partial charge >= 0.3 is 0 Å². The van der Waals surface area contributed by atoms with Crippen LogP contribution in [0.5, 0.6) is 0 Å². The Balaban J connectivity index is 0.00000243. The van der Waals surface area contributed by atoms with Crippen LogP contribution in [0.3, 0.4) is 0 Å². The van der Waals surface area contributed by atoms with Crippen LogP contribution in [0, 0.1) is 5.92 Å². The average molecular weight is 488 g/mol. The first-order chi connectivity index (χ1) is 12.2. The molecular weight excluding hydrogens is 455 g/mol. The van der Waals surface area contributed by atoms with Crippen LogP contribution < -0.4 is 10.6 Å². The van der Waals surface area contributed by atoms with Crippen LogP contribution in [0.25, 0.3) is 0 Å². The van der Waals surface area contributed by atoms with Crippen LogP contribution in [0.15, 0.2) is 40.2 Å². The Morgan fingerprint density at radius 1 is 1.27 bits per heavy atom. The molecule has 1 unspecified atom stereocenters. The van der Waals surface area contributed by atoms with Crippen molar-refractivity contribution in [1.29, 1.82) is 0 Å². The molecule has 2 fully saturated rings. The van der Waals surface area contributed by atoms with Crippen molar-refractivity contribution in [2.45, 2.75) is 42.2 Å². The molecule has 1 saturated heterocycles. The molecule has 2 N–H and O–H groups in total. The van der Waals surface area contributed by atoms with Crippen LogP contribution in [0.1, 0.15) is 32.6 Å². The topological polar surface area (TPSA) is 39.7 Å². The van der Waals surface area contributed by atoms with Crippen LogP contribution in [-0.4, -0.2) is 55.4 Å². The highest BCUT2D eigenvalue weighted by molar-refractivity contribution is 14.0. The maximum absolute atomic E-state index is 4.41. The number of nitrogens with zero attached hydrogens (tertiary/aromatic N) is 2. The molecule has 6 heteroatoms. The summed E-state index contributed by atoms with van der Waals surface area (Å²) in [7, 11) is 1.87. The minimum absolute atomic E-state index is 0. The van der Waals surface area contributed by atoms with E-state index in [9.17, 15) is 0 Å². The highest BCUT2D eigenvalue weighted by Crippen LogP contribution is 2.51. The molecule has 0 bridgehead atoms. The summed E-state index contributed by atoms with van der Waals surface area (Å²) in [6.45, 7) is 7.99. The predicted octanol–water partition coefficient (Wildman–Crippen LogP) is 3.83. The Labute approximate surface area is 180 Å². The first kappa shape index (κ1) is 21.8. The molecule has 3 rings (SSSR count). The second-order valence-corrected chi connectivity index (χ2v) is 8.90. The SMILES string of the molecule is CCCN1CCC(CNC(=NC)NCC2(Sc3ccccc3)CC2)C1.I. The third-order valence-electron chi connectivity index (χ3n) is 5.15. The number of likely N-dealkylation sites (tertiary alicyclic amines) is 1. The number of aliphatic imine (C=N–C) groups is 1. The summed E-state index contributed by atoms with van der Waals surface area (Å²) in [5.41, 5.74) is 0. The summed E-state index contributed by atoms with van der Waals surface area (Å²) in [6, 6.07) is 10.7. The van der Waals surface area contributed by atoms with E-state index < -0.39 is 0 Å². The van der Waals surface area contributed by atoms with Crippen LogP contribution in [-0.2, 0) is 0 Å². The monoisotopic (exact) mass is 488 g/mol. The van der Waals surface area contributed by atoms with E-state index in [0.29, 0.717) is 4.75 Å². The number of rotatable bonds is 8. The van der Waals surface area contributed by atoms with E-state index in [2.05, 4.69) is 57.8 Å². The minimum Gasteiger partial charge on any atom is -0.356 e. The van der Waals surface area contributed by atoms with E-state index in [1.54, 1.807) is 0 Å². The molecule has 1 heterocycles. The minimum atomic E-state index is 0. The molecule has 2 aliphatic rings. The predicted molar refractivity (Wildman–Crippen MR) is 124 cm³/mol. The molecule has 0 spiro atoms. The highest BCUT2D eigenvalue weighted by atomic mass is 127. The van der Waals surface area contributed by atoms with Gasteiger partial charge in [-0.2, -0.15) is 0 Å². The number of benzene rings is 1. The van der Waals surface area contributed by atoms with Gasteiger partial charge in [0.25, 0.3) is 0 Å². The van der Waals surface area contributed by atoms with E-state index in [1.165, 1.54) is 50.2 Å². The summed E-state index contributed by atoms with van der Waals surface area (Å²) >= 11 is 2.01. The van der Waals surface area contributed by atoms with Crippen LogP contribution >= 0.6 is 35.7 Å². The molecule has 1 aliphatic heterocycles. The van der Waals surface area contributed by atoms with Gasteiger partial charge in [-0.15, -0.1) is 35.7 Å². The normalized spacial score (nSPS) is 21.9. The summed E-state index contributed by atoms with van der Waals surface area (Å²) in [5.74, 6) is 1.70. The van der Waals surface area contributed by atoms with Crippen molar-refractivity contribution in [2.75, 3.05) is 39.8 Å². The lowest BCUT2D eigenvalue weighted by atomic mass is 10.1. The zero-order chi connectivity index (χ0) is 17.5. The van der Waals surface area contributed by atoms with Crippen LogP contribution in [0.2, 0.25) is 0 Å². The van der Waals surface area contributed by atoms with Crippen molar-refractivity contribution in [3.8, 4) is 0 Å². The summed E-state index contributed by atoms with van der Waals surface area (Å²) in [4.78, 5) is 8.36. The van der Waals surface area contributed by atoms with Gasteiger partial charge in [-0.05, 0) is 56.8 Å². The molecule has 26 heavy (non-hydrogen) atoms. The third-order valence-corrected chi connectivity index (χ3v) is 6.65. The number of nitrogens with one attached hydrogen (secondary N) is 2. The number of halogens is 1. The number of hydrogen-bond donors (Lipinski definition) is 2. The van der Waals surface area contributed by atoms with E-state index in [0.717, 1.165) is 25.0 Å². The summed E-state index contributed by atoms with van der Waals surface area (Å²) in [5, 5.41) is 7.10. The Hall–Kier alpha value is -0.470. The van der Waals surface area contributed by atoms with Gasteiger partial charge in [0.1, 0.15) is 0 Å². The largest absolute Gasteiger partial charge is 0.356 e. The summed E-state index contributed by atoms with van der Waals surface area (Å²) in [6.07, 6.45) is 5.12. The quantitative estimate of drug-likeness (QED) is 0.332. The zero-order valence-electron chi connectivity index (χ0n) is 16.0. The molecule has 0 aromatic heterocycles. The van der Waals surface area contributed by atoms with E-state index in [-0.39, 0.29) is 24.0 Å². The fraction of sp³-hybridized carbons (Fsp3) is 0.650. The molecule has 1 aromatic carbocycles. The fourth-order valence-electron chi connectivity index (χ4n) is 3.50. The maximum atomic E-state index is 4.41. The van der Waals surface area contributed by atoms with E-state index in [1.807, 2.05) is 18.8 Å². The van der Waals surface area contributed by atoms with Gasteiger partial charge in [0.15, 0.2) is 5.96 Å². The first-order valence-electron chi connectivity index (χ1n) is 9.64. The molecule has 4 nitrogen and oxygen atoms in total. The second-order valence-electron chi connectivity index (χ2n) is 7.36. The van der Waals surface area contributed by atoms with Crippen molar-refractivity contribution < 1.29 is 0 Å². The van der Waals surface area contributed by atoms with Crippen molar-refractivity contribution in [1.82, 2.24) is 15.5 Å². The lowest BCUT2D eigenvalue weighted by molar-refractivity contribution is 0.324. The third kappa shape index (κ3) is 6.60. The molecule has 0 radical (unpaired) electrons. The number of guanidine groups is 1. The second kappa shape index (κ2) is 10.8. The Bertz CT molecular complexity index is 562. The van der Waals surface area contributed by atoms with Gasteiger partial charge in [0, 0.05) is 36.3 Å². The van der Waals surface area contributed by atoms with E-state index >= 15 is 0 Å². The molecule has 146 valence electrons. The summed E-state index contributed by atoms with van der Waals surface area (Å²) < 4.78 is 0.351. The van der Waals surface area contributed by atoms with Gasteiger partial charge in [-0.3, -0.25) is 4.99 Å². The molecule has 1 saturated carbocycles. The van der Waals surface area contributed by atoms with Crippen molar-refractivity contribution >= 4 is 41.7 Å². The number of thioether (sulfide) groups is 1. The van der Waals surface area contributed by atoms with Gasteiger partial charge in [-0.25, -0.2) is 0 Å². The molecule has 1 atom stereocenters. The zero-order valence-corrected chi connectivity index (χ0v) is 19.2. The van der Waals surface area contributed by atoms with Gasteiger partial charge in [0.2, 0.25) is 0 Å². The highest BCUT2D eigenvalue weighted by Gasteiger charge is 2.43. The van der Waals surface area contributed by atoms with Gasteiger partial charge < -0.3 is 15.5 Å². The maximum Gasteiger partial charge on any atom is 0.191 e. The smallest absolute Gasteiger partial charge is 0.191 e. The molecule has 1 aliphatic carbocycles. The lowest BCUT2D eigenvalue weighted by Gasteiger charge is -2.20. The average Bonchev–Trinajstić information content (AvgIpc) is 3.24. The Kier molecular flexibility index (Phi) is 9.03. The van der Waals surface area contributed by atoms with Gasteiger partial charge in [0.05, 0.1) is 0 Å². The molecule has 1 aromatic rings. The van der Waals surface area contributed by atoms with Crippen molar-refractivity contribution in [2.24, 2.45) is 10.9 Å². The number of hydrogen-bond acceptors (Lipinski definition) is 3. The van der Waals surface area contributed by atoms with Crippen LogP contribution in [0.4, 0.5) is 0 Å². The van der Waals surface area contributed by atoms with Crippen molar-refractivity contribution in [3.05, 3.63) is 30.3 Å². The van der Waals surface area contributed by atoms with Gasteiger partial charge in [-0.1, -0.05) is 25.1 Å². The molecule has 0 amide bonds. The standard InChI is InChI=1S/C20H32N4S.HI/c1-3-12-24-13-9-17(15-24)14-22-19(21-2)23-16-20(10-11-20)25-18-7-5-4-6-8-18;/h4-8,17H,3,9-16H2,1-2H3,(H2,21,22,23);1H. The fourth-order valence-corrected chi connectivity index (χ4v) is 4.74. The molecular formula is C20H33IN4S. The Morgan fingerprint density at radius 3 is 2.69 bits per heavy atom. The van der Waals surface area contributed by atoms with E-state index in [4.69, 9.17) is 0 Å². The lowest BCUT2D eigenvalue weighted by Crippen LogP contribution is -2.43. The van der Waals surface area contributed by atoms with Crippen molar-refractivity contribution in [3.63, 3.8) is 0 Å². The first-order valence-corrected chi connectivity index (χ1v) is 10.5.